The maximum Gasteiger partial charge on any atom is 0.207 e. The van der Waals surface area contributed by atoms with E-state index in [4.69, 9.17) is 14.2 Å². The van der Waals surface area contributed by atoms with Crippen LogP contribution in [0.3, 0.4) is 0 Å². The minimum absolute atomic E-state index is 0.0510. The van der Waals surface area contributed by atoms with Crippen molar-refractivity contribution in [3.05, 3.63) is 77.1 Å². The van der Waals surface area contributed by atoms with Gasteiger partial charge in [-0.3, -0.25) is 4.79 Å². The summed E-state index contributed by atoms with van der Waals surface area (Å²) < 4.78 is 17.9. The van der Waals surface area contributed by atoms with Crippen LogP contribution in [0.1, 0.15) is 27.7 Å². The Morgan fingerprint density at radius 1 is 0.966 bits per heavy atom. The first kappa shape index (κ1) is 18.7. The molecule has 1 atom stereocenters. The lowest BCUT2D eigenvalue weighted by Gasteiger charge is -2.17. The van der Waals surface area contributed by atoms with Crippen LogP contribution in [-0.4, -0.2) is 36.8 Å². The van der Waals surface area contributed by atoms with Crippen LogP contribution in [0, 0.1) is 0 Å². The van der Waals surface area contributed by atoms with E-state index in [1.165, 1.54) is 7.11 Å². The third kappa shape index (κ3) is 3.12. The van der Waals surface area contributed by atoms with Crippen molar-refractivity contribution in [3.63, 3.8) is 0 Å². The first-order chi connectivity index (χ1) is 14.1. The van der Waals surface area contributed by atoms with E-state index in [0.29, 0.717) is 28.5 Å². The Morgan fingerprint density at radius 2 is 1.76 bits per heavy atom. The molecule has 2 aromatic carbocycles. The maximum atomic E-state index is 13.2. The molecule has 0 saturated carbocycles. The second kappa shape index (κ2) is 7.39. The molecule has 1 aromatic heterocycles. The van der Waals surface area contributed by atoms with Crippen LogP contribution >= 0.6 is 0 Å². The molecule has 0 spiro atoms. The minimum Gasteiger partial charge on any atom is -0.504 e. The molecule has 1 aliphatic heterocycles. The molecule has 2 heterocycles. The van der Waals surface area contributed by atoms with Gasteiger partial charge in [0.25, 0.3) is 0 Å². The van der Waals surface area contributed by atoms with Gasteiger partial charge in [0.15, 0.2) is 11.5 Å². The van der Waals surface area contributed by atoms with E-state index in [9.17, 15) is 9.90 Å². The van der Waals surface area contributed by atoms with E-state index in [0.717, 1.165) is 11.1 Å². The van der Waals surface area contributed by atoms with E-state index in [-0.39, 0.29) is 17.6 Å². The summed E-state index contributed by atoms with van der Waals surface area (Å²) in [6, 6.07) is 13.9. The first-order valence-corrected chi connectivity index (χ1v) is 9.09. The molecule has 0 aliphatic carbocycles. The number of ether oxygens (including phenoxy) is 3. The van der Waals surface area contributed by atoms with E-state index in [1.807, 2.05) is 35.0 Å². The van der Waals surface area contributed by atoms with Crippen molar-refractivity contribution in [2.75, 3.05) is 21.3 Å². The summed E-state index contributed by atoms with van der Waals surface area (Å²) in [7, 11) is 4.67. The van der Waals surface area contributed by atoms with Gasteiger partial charge < -0.3 is 23.9 Å². The van der Waals surface area contributed by atoms with Gasteiger partial charge in [0.05, 0.1) is 33.1 Å². The van der Waals surface area contributed by atoms with Crippen molar-refractivity contribution < 1.29 is 24.1 Å². The molecule has 1 unspecified atom stereocenters. The number of aromatic hydroxyl groups is 1. The van der Waals surface area contributed by atoms with Gasteiger partial charge in [0.1, 0.15) is 11.5 Å². The van der Waals surface area contributed by atoms with E-state index in [2.05, 4.69) is 0 Å². The normalized spacial score (nSPS) is 16.7. The lowest BCUT2D eigenvalue weighted by molar-refractivity contribution is 0.103. The quantitative estimate of drug-likeness (QED) is 0.664. The van der Waals surface area contributed by atoms with Crippen molar-refractivity contribution in [1.29, 1.82) is 0 Å². The molecule has 3 aromatic rings. The molecule has 0 fully saturated rings. The lowest BCUT2D eigenvalue weighted by atomic mass is 9.95. The van der Waals surface area contributed by atoms with Crippen molar-refractivity contribution in [1.82, 2.24) is 4.57 Å². The van der Waals surface area contributed by atoms with Crippen LogP contribution in [-0.2, 0) is 0 Å². The monoisotopic (exact) mass is 391 g/mol. The summed E-state index contributed by atoms with van der Waals surface area (Å²) in [5.41, 5.74) is 2.83. The number of fused-ring (bicyclic) bond motifs is 1. The lowest BCUT2D eigenvalue weighted by Crippen LogP contribution is -2.08. The average molecular weight is 391 g/mol. The summed E-state index contributed by atoms with van der Waals surface area (Å²) in [5.74, 6) is 1.65. The number of carbonyl (C=O) groups excluding carboxylic acids is 1. The van der Waals surface area contributed by atoms with Crippen molar-refractivity contribution in [2.24, 2.45) is 0 Å². The predicted octanol–water partition coefficient (Wildman–Crippen LogP) is 4.09. The number of aromatic nitrogens is 1. The standard InChI is InChI=1S/C23H21NO5/c1-27-16-8-6-14(20(13-16)28-2)11-17-22(24-10-4-5-18(24)23(17)26)15-7-9-19(25)21(12-15)29-3/h4-13,22,25H,1-3H3/b17-11+. The SMILES string of the molecule is COc1ccc(/C=C2/C(=O)c3cccn3C2c2ccc(O)c(OC)c2)c(OC)c1. The van der Waals surface area contributed by atoms with Gasteiger partial charge in [-0.1, -0.05) is 6.07 Å². The Bertz CT molecular complexity index is 1110. The first-order valence-electron chi connectivity index (χ1n) is 9.09. The van der Waals surface area contributed by atoms with E-state index < -0.39 is 0 Å². The summed E-state index contributed by atoms with van der Waals surface area (Å²) in [6.07, 6.45) is 3.72. The number of Topliss-reactive ketones (excluding diaryl/α,β-unsaturated/α-hetero) is 1. The summed E-state index contributed by atoms with van der Waals surface area (Å²) in [6.45, 7) is 0. The third-order valence-electron chi connectivity index (χ3n) is 5.12. The number of nitrogens with zero attached hydrogens (tertiary/aromatic N) is 1. The predicted molar refractivity (Wildman–Crippen MR) is 109 cm³/mol. The van der Waals surface area contributed by atoms with Gasteiger partial charge in [-0.05, 0) is 48.0 Å². The largest absolute Gasteiger partial charge is 0.504 e. The molecule has 6 nitrogen and oxygen atoms in total. The number of allylic oxidation sites excluding steroid dienone is 1. The van der Waals surface area contributed by atoms with E-state index in [1.54, 1.807) is 44.6 Å². The Labute approximate surface area is 168 Å². The van der Waals surface area contributed by atoms with Crippen molar-refractivity contribution in [3.8, 4) is 23.0 Å². The van der Waals surface area contributed by atoms with Crippen molar-refractivity contribution in [2.45, 2.75) is 6.04 Å². The highest BCUT2D eigenvalue weighted by molar-refractivity contribution is 6.14. The smallest absolute Gasteiger partial charge is 0.207 e. The molecule has 0 radical (unpaired) electrons. The van der Waals surface area contributed by atoms with Gasteiger partial charge in [0, 0.05) is 23.4 Å². The molecular formula is C23H21NO5. The van der Waals surface area contributed by atoms with Crippen LogP contribution in [0.15, 0.2) is 60.3 Å². The highest BCUT2D eigenvalue weighted by Gasteiger charge is 2.35. The molecule has 29 heavy (non-hydrogen) atoms. The zero-order valence-corrected chi connectivity index (χ0v) is 16.4. The van der Waals surface area contributed by atoms with Gasteiger partial charge in [0.2, 0.25) is 5.78 Å². The fourth-order valence-corrected chi connectivity index (χ4v) is 3.69. The molecule has 4 rings (SSSR count). The molecule has 1 aliphatic rings. The number of carbonyl (C=O) groups is 1. The van der Waals surface area contributed by atoms with Gasteiger partial charge in [-0.15, -0.1) is 0 Å². The Hall–Kier alpha value is -3.67. The van der Waals surface area contributed by atoms with Gasteiger partial charge in [-0.25, -0.2) is 0 Å². The number of methoxy groups -OCH3 is 3. The van der Waals surface area contributed by atoms with Crippen LogP contribution in [0.5, 0.6) is 23.0 Å². The summed E-state index contributed by atoms with van der Waals surface area (Å²) >= 11 is 0. The fourth-order valence-electron chi connectivity index (χ4n) is 3.69. The Morgan fingerprint density at radius 3 is 2.48 bits per heavy atom. The maximum absolute atomic E-state index is 13.2. The average Bonchev–Trinajstić information content (AvgIpc) is 3.31. The molecule has 0 amide bonds. The topological polar surface area (TPSA) is 69.9 Å². The summed E-state index contributed by atoms with van der Waals surface area (Å²) in [4.78, 5) is 13.2. The molecule has 148 valence electrons. The van der Waals surface area contributed by atoms with Crippen LogP contribution in [0.2, 0.25) is 0 Å². The molecule has 0 bridgehead atoms. The highest BCUT2D eigenvalue weighted by atomic mass is 16.5. The van der Waals surface area contributed by atoms with Gasteiger partial charge in [-0.2, -0.15) is 0 Å². The number of hydrogen-bond acceptors (Lipinski definition) is 5. The zero-order valence-electron chi connectivity index (χ0n) is 16.4. The Balaban J connectivity index is 1.87. The fraction of sp³-hybridized carbons (Fsp3) is 0.174. The molecule has 0 saturated heterocycles. The minimum atomic E-state index is -0.339. The van der Waals surface area contributed by atoms with Crippen LogP contribution in [0.4, 0.5) is 0 Å². The number of rotatable bonds is 5. The summed E-state index contributed by atoms with van der Waals surface area (Å²) in [5, 5.41) is 9.96. The highest BCUT2D eigenvalue weighted by Crippen LogP contribution is 2.41. The van der Waals surface area contributed by atoms with E-state index >= 15 is 0 Å². The Kier molecular flexibility index (Phi) is 4.76. The molecule has 1 N–H and O–H groups in total. The third-order valence-corrected chi connectivity index (χ3v) is 5.12. The van der Waals surface area contributed by atoms with Crippen molar-refractivity contribution >= 4 is 11.9 Å². The number of phenolic OH excluding ortho intramolecular Hbond substituents is 1. The second-order valence-electron chi connectivity index (χ2n) is 6.67. The van der Waals surface area contributed by atoms with Crippen LogP contribution < -0.4 is 14.2 Å². The number of hydrogen-bond donors (Lipinski definition) is 1. The number of ketones is 1. The zero-order chi connectivity index (χ0) is 20.5. The van der Waals surface area contributed by atoms with Crippen LogP contribution in [0.25, 0.3) is 6.08 Å². The number of benzene rings is 2. The molecule has 6 heteroatoms. The molecular weight excluding hydrogens is 370 g/mol. The van der Waals surface area contributed by atoms with Gasteiger partial charge >= 0.3 is 0 Å². The number of phenols is 1. The second-order valence-corrected chi connectivity index (χ2v) is 6.67.